The second kappa shape index (κ2) is 4.47. The summed E-state index contributed by atoms with van der Waals surface area (Å²) in [5.74, 6) is -0.146. The highest BCUT2D eigenvalue weighted by atomic mass is 35.5. The summed E-state index contributed by atoms with van der Waals surface area (Å²) in [6.07, 6.45) is 0.579. The molecule has 2 atom stereocenters. The van der Waals surface area contributed by atoms with Crippen molar-refractivity contribution in [1.82, 2.24) is 0 Å². The SMILES string of the molecule is NCC1CCOC1c1c(F)cccc1Cl. The molecular formula is C11H13ClFNO. The minimum absolute atomic E-state index is 0.166. The van der Waals surface area contributed by atoms with Crippen LogP contribution in [0.4, 0.5) is 4.39 Å². The maximum absolute atomic E-state index is 13.6. The normalized spacial score (nSPS) is 25.8. The molecule has 1 saturated heterocycles. The van der Waals surface area contributed by atoms with Gasteiger partial charge in [0, 0.05) is 23.1 Å². The molecule has 0 aliphatic carbocycles. The average Bonchev–Trinajstić information content (AvgIpc) is 2.65. The maximum atomic E-state index is 13.6. The molecular weight excluding hydrogens is 217 g/mol. The van der Waals surface area contributed by atoms with E-state index in [1.807, 2.05) is 0 Å². The minimum atomic E-state index is -0.312. The summed E-state index contributed by atoms with van der Waals surface area (Å²) in [5, 5.41) is 0.417. The van der Waals surface area contributed by atoms with Crippen molar-refractivity contribution in [3.8, 4) is 0 Å². The Morgan fingerprint density at radius 1 is 1.53 bits per heavy atom. The Kier molecular flexibility index (Phi) is 3.24. The predicted octanol–water partition coefficient (Wildman–Crippen LogP) is 2.52. The highest BCUT2D eigenvalue weighted by Crippen LogP contribution is 2.38. The summed E-state index contributed by atoms with van der Waals surface area (Å²) in [6, 6.07) is 4.67. The predicted molar refractivity (Wildman–Crippen MR) is 57.3 cm³/mol. The first-order valence-corrected chi connectivity index (χ1v) is 5.37. The van der Waals surface area contributed by atoms with Crippen molar-refractivity contribution in [2.45, 2.75) is 12.5 Å². The largest absolute Gasteiger partial charge is 0.373 e. The van der Waals surface area contributed by atoms with Gasteiger partial charge in [0.2, 0.25) is 0 Å². The van der Waals surface area contributed by atoms with E-state index in [1.165, 1.54) is 6.07 Å². The van der Waals surface area contributed by atoms with Crippen LogP contribution in [-0.2, 0) is 4.74 Å². The zero-order valence-electron chi connectivity index (χ0n) is 8.25. The first kappa shape index (κ1) is 10.9. The van der Waals surface area contributed by atoms with Crippen LogP contribution >= 0.6 is 11.6 Å². The number of rotatable bonds is 2. The van der Waals surface area contributed by atoms with E-state index in [1.54, 1.807) is 12.1 Å². The fraction of sp³-hybridized carbons (Fsp3) is 0.455. The molecule has 0 bridgehead atoms. The highest BCUT2D eigenvalue weighted by Gasteiger charge is 2.31. The molecule has 82 valence electrons. The third kappa shape index (κ3) is 2.00. The molecule has 4 heteroatoms. The van der Waals surface area contributed by atoms with Gasteiger partial charge in [0.05, 0.1) is 6.10 Å². The second-order valence-corrected chi connectivity index (χ2v) is 4.12. The molecule has 15 heavy (non-hydrogen) atoms. The first-order chi connectivity index (χ1) is 7.24. The molecule has 1 aliphatic heterocycles. The van der Waals surface area contributed by atoms with Gasteiger partial charge in [0.15, 0.2) is 0 Å². The van der Waals surface area contributed by atoms with Crippen LogP contribution < -0.4 is 5.73 Å². The molecule has 1 fully saturated rings. The molecule has 2 nitrogen and oxygen atoms in total. The quantitative estimate of drug-likeness (QED) is 0.846. The maximum Gasteiger partial charge on any atom is 0.130 e. The molecule has 2 N–H and O–H groups in total. The number of halogens is 2. The lowest BCUT2D eigenvalue weighted by atomic mass is 9.95. The standard InChI is InChI=1S/C11H13ClFNO/c12-8-2-1-3-9(13)10(8)11-7(6-14)4-5-15-11/h1-3,7,11H,4-6,14H2. The van der Waals surface area contributed by atoms with Crippen LogP contribution in [-0.4, -0.2) is 13.2 Å². The summed E-state index contributed by atoms with van der Waals surface area (Å²) in [7, 11) is 0. The number of benzene rings is 1. The minimum Gasteiger partial charge on any atom is -0.373 e. The summed E-state index contributed by atoms with van der Waals surface area (Å²) >= 11 is 5.97. The second-order valence-electron chi connectivity index (χ2n) is 3.71. The lowest BCUT2D eigenvalue weighted by Gasteiger charge is -2.18. The number of hydrogen-bond acceptors (Lipinski definition) is 2. The Morgan fingerprint density at radius 2 is 2.33 bits per heavy atom. The van der Waals surface area contributed by atoms with Gasteiger partial charge in [0.25, 0.3) is 0 Å². The van der Waals surface area contributed by atoms with E-state index < -0.39 is 0 Å². The van der Waals surface area contributed by atoms with Crippen molar-refractivity contribution < 1.29 is 9.13 Å². The molecule has 0 radical (unpaired) electrons. The van der Waals surface area contributed by atoms with Gasteiger partial charge < -0.3 is 10.5 Å². The van der Waals surface area contributed by atoms with Crippen LogP contribution in [0.2, 0.25) is 5.02 Å². The zero-order valence-corrected chi connectivity index (χ0v) is 9.01. The van der Waals surface area contributed by atoms with Crippen molar-refractivity contribution in [2.24, 2.45) is 11.7 Å². The van der Waals surface area contributed by atoms with Gasteiger partial charge in [-0.05, 0) is 25.1 Å². The summed E-state index contributed by atoms with van der Waals surface area (Å²) in [4.78, 5) is 0. The molecule has 1 aliphatic rings. The van der Waals surface area contributed by atoms with Gasteiger partial charge in [-0.15, -0.1) is 0 Å². The van der Waals surface area contributed by atoms with Crippen LogP contribution in [0.3, 0.4) is 0 Å². The summed E-state index contributed by atoms with van der Waals surface area (Å²) in [5.41, 5.74) is 6.07. The van der Waals surface area contributed by atoms with Gasteiger partial charge in [-0.3, -0.25) is 0 Å². The molecule has 0 amide bonds. The molecule has 1 aromatic rings. The van der Waals surface area contributed by atoms with E-state index in [0.29, 0.717) is 23.7 Å². The Balaban J connectivity index is 2.36. The van der Waals surface area contributed by atoms with Crippen molar-refractivity contribution in [1.29, 1.82) is 0 Å². The Hall–Kier alpha value is -0.640. The molecule has 1 heterocycles. The number of hydrogen-bond donors (Lipinski definition) is 1. The van der Waals surface area contributed by atoms with Crippen LogP contribution in [0.15, 0.2) is 18.2 Å². The van der Waals surface area contributed by atoms with Crippen LogP contribution in [0, 0.1) is 11.7 Å². The first-order valence-electron chi connectivity index (χ1n) is 4.99. The highest BCUT2D eigenvalue weighted by molar-refractivity contribution is 6.31. The van der Waals surface area contributed by atoms with Crippen LogP contribution in [0.1, 0.15) is 18.1 Å². The molecule has 2 rings (SSSR count). The third-order valence-electron chi connectivity index (χ3n) is 2.80. The van der Waals surface area contributed by atoms with Crippen LogP contribution in [0.5, 0.6) is 0 Å². The molecule has 0 spiro atoms. The molecule has 1 aromatic carbocycles. The fourth-order valence-corrected chi connectivity index (χ4v) is 2.25. The lowest BCUT2D eigenvalue weighted by Crippen LogP contribution is -2.19. The third-order valence-corrected chi connectivity index (χ3v) is 3.13. The van der Waals surface area contributed by atoms with E-state index in [4.69, 9.17) is 22.1 Å². The monoisotopic (exact) mass is 229 g/mol. The molecule has 0 aromatic heterocycles. The Bertz CT molecular complexity index is 338. The molecule has 0 saturated carbocycles. The van der Waals surface area contributed by atoms with Crippen molar-refractivity contribution in [2.75, 3.05) is 13.2 Å². The number of ether oxygens (including phenoxy) is 1. The van der Waals surface area contributed by atoms with E-state index in [9.17, 15) is 4.39 Å². The van der Waals surface area contributed by atoms with Gasteiger partial charge in [-0.1, -0.05) is 17.7 Å². The van der Waals surface area contributed by atoms with E-state index in [-0.39, 0.29) is 17.8 Å². The Morgan fingerprint density at radius 3 is 3.00 bits per heavy atom. The topological polar surface area (TPSA) is 35.2 Å². The zero-order chi connectivity index (χ0) is 10.8. The van der Waals surface area contributed by atoms with E-state index >= 15 is 0 Å². The van der Waals surface area contributed by atoms with Gasteiger partial charge in [-0.25, -0.2) is 4.39 Å². The van der Waals surface area contributed by atoms with Crippen molar-refractivity contribution >= 4 is 11.6 Å². The van der Waals surface area contributed by atoms with Crippen molar-refractivity contribution in [3.05, 3.63) is 34.6 Å². The Labute approximate surface area is 93.2 Å². The number of nitrogens with two attached hydrogens (primary N) is 1. The van der Waals surface area contributed by atoms with Crippen LogP contribution in [0.25, 0.3) is 0 Å². The van der Waals surface area contributed by atoms with Crippen molar-refractivity contribution in [3.63, 3.8) is 0 Å². The summed E-state index contributed by atoms with van der Waals surface area (Å²) in [6.45, 7) is 1.12. The summed E-state index contributed by atoms with van der Waals surface area (Å²) < 4.78 is 19.1. The average molecular weight is 230 g/mol. The lowest BCUT2D eigenvalue weighted by molar-refractivity contribution is 0.0895. The molecule has 2 unspecified atom stereocenters. The fourth-order valence-electron chi connectivity index (χ4n) is 1.98. The van der Waals surface area contributed by atoms with Gasteiger partial charge in [0.1, 0.15) is 5.82 Å². The van der Waals surface area contributed by atoms with Gasteiger partial charge >= 0.3 is 0 Å². The van der Waals surface area contributed by atoms with E-state index in [0.717, 1.165) is 6.42 Å². The van der Waals surface area contributed by atoms with E-state index in [2.05, 4.69) is 0 Å². The smallest absolute Gasteiger partial charge is 0.130 e. The van der Waals surface area contributed by atoms with Gasteiger partial charge in [-0.2, -0.15) is 0 Å².